The van der Waals surface area contributed by atoms with E-state index in [1.54, 1.807) is 16.0 Å². The van der Waals surface area contributed by atoms with Crippen molar-refractivity contribution in [1.29, 1.82) is 0 Å². The van der Waals surface area contributed by atoms with Gasteiger partial charge in [-0.1, -0.05) is 13.8 Å². The van der Waals surface area contributed by atoms with E-state index in [1.165, 1.54) is 6.20 Å². The lowest BCUT2D eigenvalue weighted by molar-refractivity contribution is -0.119. The number of aromatic nitrogens is 4. The third-order valence-electron chi connectivity index (χ3n) is 5.71. The summed E-state index contributed by atoms with van der Waals surface area (Å²) in [7, 11) is 0. The maximum atomic E-state index is 13.1. The van der Waals surface area contributed by atoms with E-state index in [-0.39, 0.29) is 17.9 Å². The Bertz CT molecular complexity index is 972. The van der Waals surface area contributed by atoms with Crippen LogP contribution in [-0.2, 0) is 11.2 Å². The van der Waals surface area contributed by atoms with Crippen molar-refractivity contribution in [3.05, 3.63) is 40.9 Å². The van der Waals surface area contributed by atoms with Crippen LogP contribution < -0.4 is 4.90 Å². The molecule has 0 aromatic carbocycles. The van der Waals surface area contributed by atoms with Gasteiger partial charge in [-0.3, -0.25) is 19.5 Å². The molecule has 2 aromatic heterocycles. The van der Waals surface area contributed by atoms with Crippen LogP contribution in [0.15, 0.2) is 12.4 Å². The van der Waals surface area contributed by atoms with Crippen LogP contribution >= 0.6 is 0 Å². The first-order valence-corrected chi connectivity index (χ1v) is 10.6. The topological polar surface area (TPSA) is 92.2 Å². The van der Waals surface area contributed by atoms with Crippen molar-refractivity contribution in [1.82, 2.24) is 24.8 Å². The largest absolute Gasteiger partial charge is 0.327 e. The molecule has 1 fully saturated rings. The summed E-state index contributed by atoms with van der Waals surface area (Å²) in [5.41, 5.74) is 3.04. The number of likely N-dealkylation sites (tertiary alicyclic amines) is 1. The van der Waals surface area contributed by atoms with Gasteiger partial charge >= 0.3 is 0 Å². The Kier molecular flexibility index (Phi) is 5.49. The number of nitrogens with zero attached hydrogens (tertiary/aromatic N) is 6. The van der Waals surface area contributed by atoms with E-state index in [4.69, 9.17) is 9.97 Å². The van der Waals surface area contributed by atoms with Crippen molar-refractivity contribution in [2.45, 2.75) is 59.4 Å². The normalized spacial score (nSPS) is 18.8. The molecule has 0 spiro atoms. The first-order chi connectivity index (χ1) is 14.3. The maximum Gasteiger partial charge on any atom is 0.274 e. The van der Waals surface area contributed by atoms with Crippen LogP contribution in [0.5, 0.6) is 0 Å². The number of hydrogen-bond donors (Lipinski definition) is 0. The van der Waals surface area contributed by atoms with Gasteiger partial charge in [0.1, 0.15) is 11.5 Å². The van der Waals surface area contributed by atoms with Crippen molar-refractivity contribution in [3.63, 3.8) is 0 Å². The van der Waals surface area contributed by atoms with Gasteiger partial charge in [0, 0.05) is 37.0 Å². The molecule has 1 atom stereocenters. The number of fused-ring (bicyclic) bond motifs is 1. The fraction of sp³-hybridized carbons (Fsp3) is 0.545. The highest BCUT2D eigenvalue weighted by molar-refractivity contribution is 5.95. The lowest BCUT2D eigenvalue weighted by Crippen LogP contribution is -2.40. The van der Waals surface area contributed by atoms with Gasteiger partial charge < -0.3 is 4.90 Å². The monoisotopic (exact) mass is 408 g/mol. The molecule has 4 rings (SSSR count). The van der Waals surface area contributed by atoms with E-state index < -0.39 is 0 Å². The summed E-state index contributed by atoms with van der Waals surface area (Å²) in [5.74, 6) is 1.62. The minimum atomic E-state index is -0.220. The molecule has 1 saturated heterocycles. The third-order valence-corrected chi connectivity index (χ3v) is 5.71. The van der Waals surface area contributed by atoms with Crippen molar-refractivity contribution >= 4 is 17.6 Å². The summed E-state index contributed by atoms with van der Waals surface area (Å²) in [6.07, 6.45) is 5.96. The fourth-order valence-electron chi connectivity index (χ4n) is 4.23. The van der Waals surface area contributed by atoms with E-state index in [1.807, 2.05) is 13.8 Å². The number of hydrogen-bond acceptors (Lipinski definition) is 6. The zero-order valence-electron chi connectivity index (χ0n) is 18.1. The van der Waals surface area contributed by atoms with Gasteiger partial charge in [0.05, 0.1) is 17.9 Å². The van der Waals surface area contributed by atoms with E-state index in [0.29, 0.717) is 43.4 Å². The molecule has 0 radical (unpaired) electrons. The summed E-state index contributed by atoms with van der Waals surface area (Å²) in [6, 6.07) is -0.220. The minimum absolute atomic E-state index is 0.106. The Balaban J connectivity index is 1.69. The van der Waals surface area contributed by atoms with Crippen LogP contribution in [-0.4, -0.2) is 49.7 Å². The van der Waals surface area contributed by atoms with E-state index in [0.717, 1.165) is 35.6 Å². The Morgan fingerprint density at radius 3 is 2.67 bits per heavy atom. The molecular formula is C22H28N6O2. The van der Waals surface area contributed by atoms with Gasteiger partial charge in [-0.25, -0.2) is 15.0 Å². The molecule has 0 N–H and O–H groups in total. The molecular weight excluding hydrogens is 380 g/mol. The fourth-order valence-corrected chi connectivity index (χ4v) is 4.23. The highest BCUT2D eigenvalue weighted by Gasteiger charge is 2.36. The van der Waals surface area contributed by atoms with E-state index >= 15 is 0 Å². The minimum Gasteiger partial charge on any atom is -0.327 e. The average molecular weight is 409 g/mol. The molecule has 2 amide bonds. The summed E-state index contributed by atoms with van der Waals surface area (Å²) >= 11 is 0. The number of anilines is 1. The average Bonchev–Trinajstić information content (AvgIpc) is 3.20. The van der Waals surface area contributed by atoms with Crippen LogP contribution in [0.3, 0.4) is 0 Å². The van der Waals surface area contributed by atoms with E-state index in [9.17, 15) is 9.59 Å². The number of amides is 2. The Morgan fingerprint density at radius 1 is 1.17 bits per heavy atom. The molecule has 0 saturated carbocycles. The first-order valence-electron chi connectivity index (χ1n) is 10.6. The number of rotatable bonds is 4. The van der Waals surface area contributed by atoms with Gasteiger partial charge in [0.25, 0.3) is 5.91 Å². The number of carbonyl (C=O) groups is 2. The van der Waals surface area contributed by atoms with Crippen molar-refractivity contribution in [3.8, 4) is 0 Å². The van der Waals surface area contributed by atoms with Gasteiger partial charge in [0.15, 0.2) is 5.82 Å². The quantitative estimate of drug-likeness (QED) is 0.772. The summed E-state index contributed by atoms with van der Waals surface area (Å²) in [5, 5.41) is 0. The molecule has 2 aliphatic heterocycles. The Morgan fingerprint density at radius 2 is 1.97 bits per heavy atom. The van der Waals surface area contributed by atoms with Gasteiger partial charge in [-0.05, 0) is 39.0 Å². The summed E-state index contributed by atoms with van der Waals surface area (Å²) in [4.78, 5) is 47.3. The van der Waals surface area contributed by atoms with Crippen LogP contribution in [0.4, 0.5) is 5.82 Å². The van der Waals surface area contributed by atoms with Crippen LogP contribution in [0.25, 0.3) is 0 Å². The molecule has 4 heterocycles. The molecule has 2 aliphatic rings. The first kappa shape index (κ1) is 20.4. The second-order valence-electron chi connectivity index (χ2n) is 8.57. The number of carbonyl (C=O) groups excluding carboxylic acids is 2. The molecule has 30 heavy (non-hydrogen) atoms. The maximum absolute atomic E-state index is 13.1. The van der Waals surface area contributed by atoms with Crippen molar-refractivity contribution in [2.24, 2.45) is 5.92 Å². The van der Waals surface area contributed by atoms with Crippen LogP contribution in [0.1, 0.15) is 72.4 Å². The molecule has 2 aromatic rings. The Labute approximate surface area is 176 Å². The third kappa shape index (κ3) is 3.78. The zero-order valence-corrected chi connectivity index (χ0v) is 18.1. The van der Waals surface area contributed by atoms with Gasteiger partial charge in [-0.2, -0.15) is 0 Å². The lowest BCUT2D eigenvalue weighted by Gasteiger charge is -2.32. The van der Waals surface area contributed by atoms with Crippen molar-refractivity contribution in [2.75, 3.05) is 18.0 Å². The number of aryl methyl sites for hydroxylation is 2. The second kappa shape index (κ2) is 8.08. The molecule has 8 heteroatoms. The highest BCUT2D eigenvalue weighted by atomic mass is 16.2. The molecule has 0 bridgehead atoms. The van der Waals surface area contributed by atoms with Crippen LogP contribution in [0.2, 0.25) is 0 Å². The smallest absolute Gasteiger partial charge is 0.274 e. The predicted molar refractivity (Wildman–Crippen MR) is 112 cm³/mol. The summed E-state index contributed by atoms with van der Waals surface area (Å²) < 4.78 is 0. The van der Waals surface area contributed by atoms with Crippen LogP contribution in [0, 0.1) is 19.8 Å². The zero-order chi connectivity index (χ0) is 21.4. The SMILES string of the molecule is Cc1cnc(C(=O)N2CCC[C@@H]2c2nc(C)c3c(n2)N(CC(C)C)C(=O)CC3)cn1. The summed E-state index contributed by atoms with van der Waals surface area (Å²) in [6.45, 7) is 9.27. The van der Waals surface area contributed by atoms with Gasteiger partial charge in [0.2, 0.25) is 5.91 Å². The standard InChI is InChI=1S/C22H28N6O2/c1-13(2)12-28-19(29)8-7-16-15(4)25-20(26-21(16)28)18-6-5-9-27(18)22(30)17-11-23-14(3)10-24-17/h10-11,13,18H,5-9,12H2,1-4H3/t18-/m1/s1. The molecule has 0 unspecified atom stereocenters. The van der Waals surface area contributed by atoms with Gasteiger partial charge in [-0.15, -0.1) is 0 Å². The lowest BCUT2D eigenvalue weighted by atomic mass is 10.0. The predicted octanol–water partition coefficient (Wildman–Crippen LogP) is 2.80. The highest BCUT2D eigenvalue weighted by Crippen LogP contribution is 2.35. The second-order valence-corrected chi connectivity index (χ2v) is 8.57. The van der Waals surface area contributed by atoms with E-state index in [2.05, 4.69) is 23.8 Å². The molecule has 0 aliphatic carbocycles. The molecule has 8 nitrogen and oxygen atoms in total. The Hall–Kier alpha value is -2.90. The van der Waals surface area contributed by atoms with Crippen molar-refractivity contribution < 1.29 is 9.59 Å². The molecule has 158 valence electrons.